The number of nitrogens with zero attached hydrogens (tertiary/aromatic N) is 1. The van der Waals surface area contributed by atoms with Crippen LogP contribution in [-0.4, -0.2) is 9.67 Å². The number of pyridine rings is 1. The summed E-state index contributed by atoms with van der Waals surface area (Å²) in [6.07, 6.45) is 2.48. The predicted octanol–water partition coefficient (Wildman–Crippen LogP) is 4.23. The number of hydrogen-bond donors (Lipinski definition) is 1. The maximum absolute atomic E-state index is 14.1. The van der Waals surface area contributed by atoms with Gasteiger partial charge in [-0.3, -0.25) is 4.79 Å². The molecule has 0 atom stereocenters. The third kappa shape index (κ3) is 3.87. The molecule has 4 rings (SSSR count). The van der Waals surface area contributed by atoms with Crippen molar-refractivity contribution in [2.24, 2.45) is 0 Å². The summed E-state index contributed by atoms with van der Waals surface area (Å²) in [5.74, 6) is -2.33. The van der Waals surface area contributed by atoms with Gasteiger partial charge in [-0.25, -0.2) is 8.78 Å². The Kier molecular flexibility index (Phi) is 5.67. The standard InChI is InChI=1S/C26H21F2NO2/c1-2-13-29-22-16-21(28)20(27)15-19(22)26(31)24(25(30)18-11-7-4-8-12-18)23(29)14-17-9-5-3-6-10-17/h3-12,14-16,30H,2,13H2,1H3/b23-14+,25-24-. The molecule has 31 heavy (non-hydrogen) atoms. The molecule has 0 bridgehead atoms. The van der Waals surface area contributed by atoms with Crippen LogP contribution in [0.4, 0.5) is 8.78 Å². The van der Waals surface area contributed by atoms with Crippen LogP contribution in [0.5, 0.6) is 0 Å². The van der Waals surface area contributed by atoms with Crippen LogP contribution in [0.3, 0.4) is 0 Å². The lowest BCUT2D eigenvalue weighted by Gasteiger charge is -2.14. The Hall–Kier alpha value is -3.73. The molecule has 1 aromatic heterocycles. The van der Waals surface area contributed by atoms with E-state index in [0.717, 1.165) is 17.7 Å². The van der Waals surface area contributed by atoms with E-state index in [4.69, 9.17) is 0 Å². The van der Waals surface area contributed by atoms with E-state index in [1.807, 2.05) is 43.3 Å². The molecule has 5 heteroatoms. The zero-order chi connectivity index (χ0) is 22.0. The predicted molar refractivity (Wildman–Crippen MR) is 119 cm³/mol. The number of fused-ring (bicyclic) bond motifs is 1. The van der Waals surface area contributed by atoms with Crippen molar-refractivity contribution in [3.05, 3.63) is 116 Å². The second-order valence-corrected chi connectivity index (χ2v) is 7.29. The molecule has 1 N–H and O–H groups in total. The van der Waals surface area contributed by atoms with Crippen LogP contribution in [0.1, 0.15) is 24.5 Å². The van der Waals surface area contributed by atoms with Crippen molar-refractivity contribution < 1.29 is 13.9 Å². The summed E-state index contributed by atoms with van der Waals surface area (Å²) in [4.78, 5) is 13.5. The number of aryl methyl sites for hydroxylation is 1. The van der Waals surface area contributed by atoms with Gasteiger partial charge >= 0.3 is 0 Å². The summed E-state index contributed by atoms with van der Waals surface area (Å²) in [5, 5.41) is 11.6. The van der Waals surface area contributed by atoms with Gasteiger partial charge < -0.3 is 9.67 Å². The zero-order valence-electron chi connectivity index (χ0n) is 17.0. The van der Waals surface area contributed by atoms with Gasteiger partial charge in [0.2, 0.25) is 5.43 Å². The Labute approximate surface area is 177 Å². The first-order chi connectivity index (χ1) is 15.0. The lowest BCUT2D eigenvalue weighted by Crippen LogP contribution is -2.47. The molecule has 1 heterocycles. The van der Waals surface area contributed by atoms with Crippen LogP contribution >= 0.6 is 0 Å². The number of aromatic nitrogens is 1. The fourth-order valence-corrected chi connectivity index (χ4v) is 3.75. The van der Waals surface area contributed by atoms with E-state index < -0.39 is 17.1 Å². The molecule has 0 aliphatic rings. The van der Waals surface area contributed by atoms with E-state index in [1.165, 1.54) is 0 Å². The molecule has 4 aromatic rings. The minimum atomic E-state index is -1.10. The van der Waals surface area contributed by atoms with Crippen LogP contribution in [-0.2, 0) is 6.54 Å². The summed E-state index contributed by atoms with van der Waals surface area (Å²) in [6, 6.07) is 20.0. The van der Waals surface area contributed by atoms with Gasteiger partial charge in [0.15, 0.2) is 11.6 Å². The van der Waals surface area contributed by atoms with Crippen molar-refractivity contribution in [1.82, 2.24) is 4.57 Å². The lowest BCUT2D eigenvalue weighted by molar-refractivity contribution is 0.504. The van der Waals surface area contributed by atoms with Gasteiger partial charge in [-0.1, -0.05) is 67.6 Å². The molecule has 0 unspecified atom stereocenters. The molecular formula is C26H21F2NO2. The molecule has 0 spiro atoms. The molecule has 0 saturated carbocycles. The zero-order valence-corrected chi connectivity index (χ0v) is 17.0. The van der Waals surface area contributed by atoms with E-state index in [9.17, 15) is 18.7 Å². The minimum Gasteiger partial charge on any atom is -0.506 e. The molecule has 0 saturated heterocycles. The van der Waals surface area contributed by atoms with Crippen LogP contribution in [0.2, 0.25) is 0 Å². The maximum Gasteiger partial charge on any atom is 0.201 e. The van der Waals surface area contributed by atoms with Gasteiger partial charge in [0, 0.05) is 23.6 Å². The molecule has 0 aliphatic heterocycles. The third-order valence-corrected chi connectivity index (χ3v) is 5.18. The third-order valence-electron chi connectivity index (χ3n) is 5.18. The topological polar surface area (TPSA) is 42.2 Å². The second kappa shape index (κ2) is 8.56. The minimum absolute atomic E-state index is 0.0232. The molecule has 3 aromatic carbocycles. The van der Waals surface area contributed by atoms with E-state index in [1.54, 1.807) is 34.9 Å². The first-order valence-electron chi connectivity index (χ1n) is 10.1. The Morgan fingerprint density at radius 2 is 1.58 bits per heavy atom. The molecule has 156 valence electrons. The molecule has 3 nitrogen and oxygen atoms in total. The van der Waals surface area contributed by atoms with Crippen LogP contribution in [0.15, 0.2) is 77.6 Å². The Morgan fingerprint density at radius 1 is 0.968 bits per heavy atom. The largest absolute Gasteiger partial charge is 0.506 e. The smallest absolute Gasteiger partial charge is 0.201 e. The highest BCUT2D eigenvalue weighted by Gasteiger charge is 2.15. The Morgan fingerprint density at radius 3 is 2.23 bits per heavy atom. The summed E-state index contributed by atoms with van der Waals surface area (Å²) >= 11 is 0. The van der Waals surface area contributed by atoms with Crippen molar-refractivity contribution in [3.63, 3.8) is 0 Å². The quantitative estimate of drug-likeness (QED) is 0.540. The molecule has 0 radical (unpaired) electrons. The van der Waals surface area contributed by atoms with Gasteiger partial charge in [-0.05, 0) is 24.1 Å². The Bertz CT molecular complexity index is 1430. The molecule has 0 aliphatic carbocycles. The number of aliphatic hydroxyl groups excluding tert-OH is 1. The monoisotopic (exact) mass is 417 g/mol. The van der Waals surface area contributed by atoms with Crippen LogP contribution in [0.25, 0.3) is 22.7 Å². The highest BCUT2D eigenvalue weighted by Crippen LogP contribution is 2.15. The number of aliphatic hydroxyl groups is 1. The SMILES string of the molecule is CCCn1c(=C/c2ccccc2)/c(=C(/O)c2ccccc2)c(=O)c2cc(F)c(F)cc21. The fourth-order valence-electron chi connectivity index (χ4n) is 3.75. The number of rotatable bonds is 4. The van der Waals surface area contributed by atoms with E-state index in [2.05, 4.69) is 0 Å². The number of benzene rings is 3. The number of halogens is 2. The van der Waals surface area contributed by atoms with Gasteiger partial charge in [0.25, 0.3) is 0 Å². The highest BCUT2D eigenvalue weighted by molar-refractivity contribution is 5.80. The van der Waals surface area contributed by atoms with Gasteiger partial charge in [-0.2, -0.15) is 0 Å². The summed E-state index contributed by atoms with van der Waals surface area (Å²) in [7, 11) is 0. The molecule has 0 fully saturated rings. The molecule has 0 amide bonds. The highest BCUT2D eigenvalue weighted by atomic mass is 19.2. The van der Waals surface area contributed by atoms with Crippen molar-refractivity contribution in [2.45, 2.75) is 19.9 Å². The van der Waals surface area contributed by atoms with Crippen molar-refractivity contribution in [2.75, 3.05) is 0 Å². The first-order valence-corrected chi connectivity index (χ1v) is 10.1. The fraction of sp³-hybridized carbons (Fsp3) is 0.115. The normalized spacial score (nSPS) is 12.9. The second-order valence-electron chi connectivity index (χ2n) is 7.29. The average Bonchev–Trinajstić information content (AvgIpc) is 2.79. The summed E-state index contributed by atoms with van der Waals surface area (Å²) in [5.41, 5.74) is 1.02. The first kappa shape index (κ1) is 20.5. The number of hydrogen-bond acceptors (Lipinski definition) is 2. The summed E-state index contributed by atoms with van der Waals surface area (Å²) < 4.78 is 29.9. The Balaban J connectivity index is 2.29. The van der Waals surface area contributed by atoms with Crippen LogP contribution < -0.4 is 16.0 Å². The van der Waals surface area contributed by atoms with E-state index >= 15 is 0 Å². The van der Waals surface area contributed by atoms with Crippen LogP contribution in [0, 0.1) is 11.6 Å². The van der Waals surface area contributed by atoms with Crippen molar-refractivity contribution in [3.8, 4) is 0 Å². The van der Waals surface area contributed by atoms with E-state index in [-0.39, 0.29) is 21.9 Å². The lowest BCUT2D eigenvalue weighted by atomic mass is 10.1. The van der Waals surface area contributed by atoms with Crippen molar-refractivity contribution >= 4 is 22.7 Å². The summed E-state index contributed by atoms with van der Waals surface area (Å²) in [6.45, 7) is 2.41. The molecular weight excluding hydrogens is 396 g/mol. The van der Waals surface area contributed by atoms with Gasteiger partial charge in [0.1, 0.15) is 5.76 Å². The van der Waals surface area contributed by atoms with E-state index in [0.29, 0.717) is 23.9 Å². The van der Waals surface area contributed by atoms with Crippen molar-refractivity contribution in [1.29, 1.82) is 0 Å². The maximum atomic E-state index is 14.1. The average molecular weight is 417 g/mol. The van der Waals surface area contributed by atoms with Gasteiger partial charge in [-0.15, -0.1) is 0 Å². The van der Waals surface area contributed by atoms with Gasteiger partial charge in [0.05, 0.1) is 16.1 Å².